The van der Waals surface area contributed by atoms with Gasteiger partial charge in [-0.1, -0.05) is 38.0 Å². The van der Waals surface area contributed by atoms with E-state index in [0.717, 1.165) is 38.0 Å². The number of rotatable bonds is 14. The second kappa shape index (κ2) is 13.5. The van der Waals surface area contributed by atoms with Gasteiger partial charge in [-0.05, 0) is 107 Å². The van der Waals surface area contributed by atoms with Crippen LogP contribution < -0.4 is 0 Å². The highest BCUT2D eigenvalue weighted by molar-refractivity contribution is 5.40. The number of aromatic hydroxyl groups is 3. The zero-order valence-corrected chi connectivity index (χ0v) is 20.3. The first-order valence-electron chi connectivity index (χ1n) is 12.8. The van der Waals surface area contributed by atoms with E-state index < -0.39 is 0 Å². The van der Waals surface area contributed by atoms with Crippen LogP contribution in [0.5, 0.6) is 17.2 Å². The van der Waals surface area contributed by atoms with Gasteiger partial charge in [0, 0.05) is 12.6 Å². The van der Waals surface area contributed by atoms with Crippen LogP contribution in [0.15, 0.2) is 42.5 Å². The lowest BCUT2D eigenvalue weighted by molar-refractivity contribution is 0.242. The van der Waals surface area contributed by atoms with Crippen molar-refractivity contribution in [2.45, 2.75) is 70.8 Å². The van der Waals surface area contributed by atoms with E-state index in [1.165, 1.54) is 63.6 Å². The Hall–Kier alpha value is -2.24. The third-order valence-corrected chi connectivity index (χ3v) is 6.87. The molecule has 5 nitrogen and oxygen atoms in total. The molecular weight excluding hydrogens is 412 g/mol. The van der Waals surface area contributed by atoms with E-state index in [4.69, 9.17) is 0 Å². The summed E-state index contributed by atoms with van der Waals surface area (Å²) in [6.07, 6.45) is 10.7. The quantitative estimate of drug-likeness (QED) is 0.266. The second-order valence-electron chi connectivity index (χ2n) is 9.53. The molecule has 2 aromatic rings. The third kappa shape index (κ3) is 8.56. The van der Waals surface area contributed by atoms with E-state index in [-0.39, 0.29) is 11.5 Å². The van der Waals surface area contributed by atoms with Crippen molar-refractivity contribution in [3.05, 3.63) is 53.6 Å². The van der Waals surface area contributed by atoms with Crippen LogP contribution in [-0.4, -0.2) is 63.9 Å². The summed E-state index contributed by atoms with van der Waals surface area (Å²) in [7, 11) is 0. The van der Waals surface area contributed by atoms with Gasteiger partial charge in [-0.2, -0.15) is 0 Å². The minimum absolute atomic E-state index is 0.0165. The second-order valence-corrected chi connectivity index (χ2v) is 9.53. The van der Waals surface area contributed by atoms with Crippen molar-refractivity contribution in [3.8, 4) is 17.2 Å². The van der Waals surface area contributed by atoms with Gasteiger partial charge in [0.1, 0.15) is 5.75 Å². The monoisotopic (exact) mass is 454 g/mol. The van der Waals surface area contributed by atoms with Crippen LogP contribution >= 0.6 is 0 Å². The molecule has 33 heavy (non-hydrogen) atoms. The number of phenolic OH excluding ortho intramolecular Hbond substituents is 3. The van der Waals surface area contributed by atoms with Crippen molar-refractivity contribution in [2.75, 3.05) is 32.7 Å². The third-order valence-electron chi connectivity index (χ3n) is 6.87. The summed E-state index contributed by atoms with van der Waals surface area (Å²) < 4.78 is 0. The summed E-state index contributed by atoms with van der Waals surface area (Å²) in [4.78, 5) is 5.20. The Morgan fingerprint density at radius 2 is 1.61 bits per heavy atom. The Labute approximate surface area is 199 Å². The normalized spacial score (nSPS) is 16.6. The molecule has 0 radical (unpaired) electrons. The summed E-state index contributed by atoms with van der Waals surface area (Å²) in [5.74, 6) is 0.279. The van der Waals surface area contributed by atoms with E-state index in [0.29, 0.717) is 11.8 Å². The van der Waals surface area contributed by atoms with Gasteiger partial charge < -0.3 is 25.1 Å². The SMILES string of the molecule is CCCN(CCCCCCN1CCCC1Cc1ccc(O)c(O)c1)CCc1ccc(O)cc1. The minimum atomic E-state index is -0.0418. The smallest absolute Gasteiger partial charge is 0.157 e. The molecular formula is C28H42N2O3. The minimum Gasteiger partial charge on any atom is -0.508 e. The molecule has 0 spiro atoms. The van der Waals surface area contributed by atoms with Crippen molar-refractivity contribution in [1.29, 1.82) is 0 Å². The molecule has 1 saturated heterocycles. The molecule has 0 saturated carbocycles. The van der Waals surface area contributed by atoms with Gasteiger partial charge in [-0.3, -0.25) is 0 Å². The van der Waals surface area contributed by atoms with Gasteiger partial charge in [0.05, 0.1) is 0 Å². The summed E-state index contributed by atoms with van der Waals surface area (Å²) in [6, 6.07) is 13.4. The van der Waals surface area contributed by atoms with E-state index in [1.807, 2.05) is 18.2 Å². The number of hydrogen-bond acceptors (Lipinski definition) is 5. The molecule has 182 valence electrons. The molecule has 1 fully saturated rings. The molecule has 1 aliphatic rings. The van der Waals surface area contributed by atoms with Gasteiger partial charge in [-0.15, -0.1) is 0 Å². The maximum atomic E-state index is 9.76. The topological polar surface area (TPSA) is 67.2 Å². The first kappa shape index (κ1) is 25.4. The molecule has 0 bridgehead atoms. The number of likely N-dealkylation sites (tertiary alicyclic amines) is 1. The summed E-state index contributed by atoms with van der Waals surface area (Å²) >= 11 is 0. The maximum Gasteiger partial charge on any atom is 0.157 e. The van der Waals surface area contributed by atoms with Crippen LogP contribution in [0, 0.1) is 0 Å². The summed E-state index contributed by atoms with van der Waals surface area (Å²) in [5, 5.41) is 28.7. The predicted octanol–water partition coefficient (Wildman–Crippen LogP) is 5.33. The molecule has 0 aliphatic carbocycles. The standard InChI is InChI=1S/C28H42N2O3/c1-2-16-29(20-15-23-9-12-26(31)13-10-23)17-5-3-4-6-18-30-19-7-8-25(30)21-24-11-14-27(32)28(33)22-24/h9-14,22,25,31-33H,2-8,15-21H2,1H3. The van der Waals surface area contributed by atoms with Gasteiger partial charge in [-0.25, -0.2) is 0 Å². The fourth-order valence-corrected chi connectivity index (χ4v) is 4.99. The largest absolute Gasteiger partial charge is 0.508 e. The number of nitrogens with zero attached hydrogens (tertiary/aromatic N) is 2. The van der Waals surface area contributed by atoms with Gasteiger partial charge >= 0.3 is 0 Å². The van der Waals surface area contributed by atoms with Crippen molar-refractivity contribution in [1.82, 2.24) is 9.80 Å². The number of phenols is 3. The first-order valence-corrected chi connectivity index (χ1v) is 12.8. The van der Waals surface area contributed by atoms with E-state index in [2.05, 4.69) is 16.7 Å². The molecule has 3 N–H and O–H groups in total. The van der Waals surface area contributed by atoms with Gasteiger partial charge in [0.2, 0.25) is 0 Å². The first-order chi connectivity index (χ1) is 16.0. The Kier molecular flexibility index (Phi) is 10.4. The Bertz CT molecular complexity index is 824. The van der Waals surface area contributed by atoms with Crippen molar-refractivity contribution in [3.63, 3.8) is 0 Å². The molecule has 0 aromatic heterocycles. The van der Waals surface area contributed by atoms with Gasteiger partial charge in [0.25, 0.3) is 0 Å². The van der Waals surface area contributed by atoms with Gasteiger partial charge in [0.15, 0.2) is 11.5 Å². The average molecular weight is 455 g/mol. The Balaban J connectivity index is 1.31. The molecule has 0 amide bonds. The van der Waals surface area contributed by atoms with Crippen LogP contribution in [0.2, 0.25) is 0 Å². The maximum absolute atomic E-state index is 9.76. The van der Waals surface area contributed by atoms with Crippen molar-refractivity contribution in [2.24, 2.45) is 0 Å². The Morgan fingerprint density at radius 1 is 0.848 bits per heavy atom. The fourth-order valence-electron chi connectivity index (χ4n) is 4.99. The van der Waals surface area contributed by atoms with Crippen LogP contribution in [0.4, 0.5) is 0 Å². The zero-order valence-electron chi connectivity index (χ0n) is 20.3. The highest BCUT2D eigenvalue weighted by atomic mass is 16.3. The zero-order chi connectivity index (χ0) is 23.5. The predicted molar refractivity (Wildman–Crippen MR) is 135 cm³/mol. The van der Waals surface area contributed by atoms with E-state index in [9.17, 15) is 15.3 Å². The lowest BCUT2D eigenvalue weighted by Crippen LogP contribution is -2.32. The van der Waals surface area contributed by atoms with Crippen LogP contribution in [0.3, 0.4) is 0 Å². The average Bonchev–Trinajstić information content (AvgIpc) is 3.24. The van der Waals surface area contributed by atoms with Crippen molar-refractivity contribution >= 4 is 0 Å². The van der Waals surface area contributed by atoms with E-state index in [1.54, 1.807) is 24.3 Å². The van der Waals surface area contributed by atoms with Crippen LogP contribution in [-0.2, 0) is 12.8 Å². The summed E-state index contributed by atoms with van der Waals surface area (Å²) in [6.45, 7) is 7.99. The molecule has 5 heteroatoms. The van der Waals surface area contributed by atoms with E-state index >= 15 is 0 Å². The number of hydrogen-bond donors (Lipinski definition) is 3. The van der Waals surface area contributed by atoms with Crippen LogP contribution in [0.1, 0.15) is 63.0 Å². The number of benzene rings is 2. The molecule has 1 unspecified atom stereocenters. The molecule has 1 heterocycles. The molecule has 3 rings (SSSR count). The number of unbranched alkanes of at least 4 members (excludes halogenated alkanes) is 3. The van der Waals surface area contributed by atoms with Crippen LogP contribution in [0.25, 0.3) is 0 Å². The Morgan fingerprint density at radius 3 is 2.36 bits per heavy atom. The lowest BCUT2D eigenvalue weighted by Gasteiger charge is -2.25. The highest BCUT2D eigenvalue weighted by Gasteiger charge is 2.24. The molecule has 1 aliphatic heterocycles. The molecule has 2 aromatic carbocycles. The highest BCUT2D eigenvalue weighted by Crippen LogP contribution is 2.28. The lowest BCUT2D eigenvalue weighted by atomic mass is 10.0. The van der Waals surface area contributed by atoms with Crippen molar-refractivity contribution < 1.29 is 15.3 Å². The summed E-state index contributed by atoms with van der Waals surface area (Å²) in [5.41, 5.74) is 2.39. The molecule has 1 atom stereocenters. The fraction of sp³-hybridized carbons (Fsp3) is 0.571.